The highest BCUT2D eigenvalue weighted by Gasteiger charge is 2.15. The van der Waals surface area contributed by atoms with Gasteiger partial charge in [-0.3, -0.25) is 19.7 Å². The van der Waals surface area contributed by atoms with Gasteiger partial charge in [-0.25, -0.2) is 0 Å². The maximum atomic E-state index is 11.5. The van der Waals surface area contributed by atoms with Crippen molar-refractivity contribution in [3.05, 3.63) is 24.2 Å². The Hall–Kier alpha value is -1.80. The lowest BCUT2D eigenvalue weighted by Crippen LogP contribution is -2.33. The van der Waals surface area contributed by atoms with Gasteiger partial charge >= 0.3 is 5.97 Å². The Morgan fingerprint density at radius 2 is 2.25 bits per heavy atom. The molecule has 0 saturated carbocycles. The fourth-order valence-corrected chi connectivity index (χ4v) is 2.10. The van der Waals surface area contributed by atoms with E-state index in [1.165, 1.54) is 31.2 Å². The number of methoxy groups -OCH3 is 1. The molecule has 0 spiro atoms. The summed E-state index contributed by atoms with van der Waals surface area (Å²) in [7, 11) is 1.27. The molecule has 0 aliphatic carbocycles. The minimum Gasteiger partial charge on any atom is -0.468 e. The van der Waals surface area contributed by atoms with E-state index in [-0.39, 0.29) is 11.5 Å². The SMILES string of the molecule is COC(=O)C(N)CCSCC(=O)NC(=O)c1ccco1. The standard InChI is InChI=1S/C12H16N2O5S/c1-18-12(17)8(13)4-6-20-7-10(15)14-11(16)9-3-2-5-19-9/h2-3,5,8H,4,6-7,13H2,1H3,(H,14,15,16). The molecule has 1 rings (SSSR count). The van der Waals surface area contributed by atoms with Crippen LogP contribution in [0, 0.1) is 0 Å². The third-order valence-electron chi connectivity index (χ3n) is 2.31. The van der Waals surface area contributed by atoms with Crippen molar-refractivity contribution in [2.45, 2.75) is 12.5 Å². The van der Waals surface area contributed by atoms with E-state index in [0.29, 0.717) is 12.2 Å². The molecule has 1 atom stereocenters. The number of rotatable bonds is 7. The van der Waals surface area contributed by atoms with Gasteiger partial charge in [0.25, 0.3) is 5.91 Å². The smallest absolute Gasteiger partial charge is 0.322 e. The van der Waals surface area contributed by atoms with Gasteiger partial charge in [-0.1, -0.05) is 0 Å². The fraction of sp³-hybridized carbons (Fsp3) is 0.417. The summed E-state index contributed by atoms with van der Waals surface area (Å²) < 4.78 is 9.33. The molecule has 8 heteroatoms. The number of carbonyl (C=O) groups excluding carboxylic acids is 3. The molecule has 1 unspecified atom stereocenters. The van der Waals surface area contributed by atoms with Crippen LogP contribution in [0.1, 0.15) is 17.0 Å². The number of nitrogens with one attached hydrogen (secondary N) is 1. The molecule has 0 aliphatic heterocycles. The number of hydrogen-bond acceptors (Lipinski definition) is 7. The van der Waals surface area contributed by atoms with Crippen molar-refractivity contribution in [2.24, 2.45) is 5.73 Å². The van der Waals surface area contributed by atoms with Crippen molar-refractivity contribution in [1.82, 2.24) is 5.32 Å². The first kappa shape index (κ1) is 16.3. The van der Waals surface area contributed by atoms with E-state index in [9.17, 15) is 14.4 Å². The number of imide groups is 1. The average Bonchev–Trinajstić information content (AvgIpc) is 2.96. The summed E-state index contributed by atoms with van der Waals surface area (Å²) in [6.07, 6.45) is 1.75. The zero-order valence-electron chi connectivity index (χ0n) is 11.0. The maximum absolute atomic E-state index is 11.5. The highest BCUT2D eigenvalue weighted by Crippen LogP contribution is 2.05. The van der Waals surface area contributed by atoms with Gasteiger partial charge in [0.05, 0.1) is 19.1 Å². The predicted octanol–water partition coefficient (Wildman–Crippen LogP) is 0.160. The topological polar surface area (TPSA) is 112 Å². The van der Waals surface area contributed by atoms with Crippen LogP contribution in [-0.2, 0) is 14.3 Å². The number of thioether (sulfide) groups is 1. The molecule has 0 fully saturated rings. The molecule has 0 bridgehead atoms. The average molecular weight is 300 g/mol. The fourth-order valence-electron chi connectivity index (χ4n) is 1.28. The molecule has 0 saturated heterocycles. The summed E-state index contributed by atoms with van der Waals surface area (Å²) in [6, 6.07) is 2.33. The Labute approximate surface area is 120 Å². The largest absolute Gasteiger partial charge is 0.468 e. The Kier molecular flexibility index (Phi) is 6.82. The van der Waals surface area contributed by atoms with E-state index in [1.807, 2.05) is 0 Å². The van der Waals surface area contributed by atoms with Crippen LogP contribution in [0.2, 0.25) is 0 Å². The van der Waals surface area contributed by atoms with Gasteiger partial charge < -0.3 is 14.9 Å². The van der Waals surface area contributed by atoms with E-state index in [0.717, 1.165) is 0 Å². The van der Waals surface area contributed by atoms with Crippen LogP contribution in [0.4, 0.5) is 0 Å². The second kappa shape index (κ2) is 8.39. The molecule has 2 amide bonds. The van der Waals surface area contributed by atoms with Gasteiger partial charge in [0.15, 0.2) is 5.76 Å². The summed E-state index contributed by atoms with van der Waals surface area (Å²) in [5.41, 5.74) is 5.53. The normalized spacial score (nSPS) is 11.7. The molecule has 3 N–H and O–H groups in total. The summed E-state index contributed by atoms with van der Waals surface area (Å²) >= 11 is 1.27. The Bertz CT molecular complexity index is 460. The molecule has 1 aromatic rings. The second-order valence-corrected chi connectivity index (χ2v) is 4.93. The minimum atomic E-state index is -0.694. The number of amides is 2. The minimum absolute atomic E-state index is 0.0797. The Balaban J connectivity index is 2.18. The first-order valence-electron chi connectivity index (χ1n) is 5.83. The summed E-state index contributed by atoms with van der Waals surface area (Å²) in [5, 5.41) is 2.19. The van der Waals surface area contributed by atoms with Crippen molar-refractivity contribution >= 4 is 29.5 Å². The molecule has 0 aliphatic rings. The molecular formula is C12H16N2O5S. The van der Waals surface area contributed by atoms with Crippen molar-refractivity contribution in [3.63, 3.8) is 0 Å². The van der Waals surface area contributed by atoms with Crippen LogP contribution in [0.25, 0.3) is 0 Å². The quantitative estimate of drug-likeness (QED) is 0.545. The van der Waals surface area contributed by atoms with Crippen LogP contribution >= 0.6 is 11.8 Å². The van der Waals surface area contributed by atoms with Crippen molar-refractivity contribution in [3.8, 4) is 0 Å². The number of carbonyl (C=O) groups is 3. The lowest BCUT2D eigenvalue weighted by atomic mass is 10.2. The van der Waals surface area contributed by atoms with Gasteiger partial charge in [-0.2, -0.15) is 11.8 Å². The van der Waals surface area contributed by atoms with E-state index < -0.39 is 23.8 Å². The monoisotopic (exact) mass is 300 g/mol. The molecule has 1 aromatic heterocycles. The molecule has 7 nitrogen and oxygen atoms in total. The highest BCUT2D eigenvalue weighted by molar-refractivity contribution is 7.99. The number of nitrogens with two attached hydrogens (primary N) is 1. The molecule has 110 valence electrons. The summed E-state index contributed by atoms with van der Waals surface area (Å²) in [5.74, 6) is -0.798. The third-order valence-corrected chi connectivity index (χ3v) is 3.30. The Morgan fingerprint density at radius 1 is 1.50 bits per heavy atom. The highest BCUT2D eigenvalue weighted by atomic mass is 32.2. The zero-order valence-corrected chi connectivity index (χ0v) is 11.8. The third kappa shape index (κ3) is 5.45. The lowest BCUT2D eigenvalue weighted by Gasteiger charge is -2.08. The van der Waals surface area contributed by atoms with E-state index in [2.05, 4.69) is 10.1 Å². The van der Waals surface area contributed by atoms with Gasteiger partial charge in [-0.05, 0) is 24.3 Å². The number of hydrogen-bond donors (Lipinski definition) is 2. The maximum Gasteiger partial charge on any atom is 0.322 e. The van der Waals surface area contributed by atoms with Gasteiger partial charge in [0.2, 0.25) is 5.91 Å². The van der Waals surface area contributed by atoms with Gasteiger partial charge in [0, 0.05) is 0 Å². The number of furan rings is 1. The molecule has 0 aromatic carbocycles. The molecule has 0 radical (unpaired) electrons. The van der Waals surface area contributed by atoms with E-state index in [1.54, 1.807) is 6.07 Å². The summed E-state index contributed by atoms with van der Waals surface area (Å²) in [4.78, 5) is 34.0. The molecule has 20 heavy (non-hydrogen) atoms. The first-order valence-corrected chi connectivity index (χ1v) is 6.99. The zero-order chi connectivity index (χ0) is 15.0. The van der Waals surface area contributed by atoms with Crippen LogP contribution in [0.5, 0.6) is 0 Å². The van der Waals surface area contributed by atoms with Gasteiger partial charge in [-0.15, -0.1) is 0 Å². The van der Waals surface area contributed by atoms with Crippen molar-refractivity contribution < 1.29 is 23.5 Å². The van der Waals surface area contributed by atoms with E-state index >= 15 is 0 Å². The van der Waals surface area contributed by atoms with Crippen LogP contribution in [-0.4, -0.2) is 42.4 Å². The van der Waals surface area contributed by atoms with Crippen molar-refractivity contribution in [1.29, 1.82) is 0 Å². The molecular weight excluding hydrogens is 284 g/mol. The summed E-state index contributed by atoms with van der Waals surface area (Å²) in [6.45, 7) is 0. The van der Waals surface area contributed by atoms with E-state index in [4.69, 9.17) is 10.2 Å². The van der Waals surface area contributed by atoms with Crippen LogP contribution in [0.3, 0.4) is 0 Å². The second-order valence-electron chi connectivity index (χ2n) is 3.83. The molecule has 1 heterocycles. The predicted molar refractivity (Wildman–Crippen MR) is 73.1 cm³/mol. The van der Waals surface area contributed by atoms with Crippen molar-refractivity contribution in [2.75, 3.05) is 18.6 Å². The number of ether oxygens (including phenoxy) is 1. The Morgan fingerprint density at radius 3 is 2.85 bits per heavy atom. The van der Waals surface area contributed by atoms with Crippen LogP contribution < -0.4 is 11.1 Å². The first-order chi connectivity index (χ1) is 9.54. The number of esters is 1. The lowest BCUT2D eigenvalue weighted by molar-refractivity contribution is -0.142. The van der Waals surface area contributed by atoms with Crippen LogP contribution in [0.15, 0.2) is 22.8 Å². The van der Waals surface area contributed by atoms with Gasteiger partial charge in [0.1, 0.15) is 6.04 Å².